The molecule has 0 spiro atoms. The SMILES string of the molecule is CCCN(C(C)C)C1CCCC(CO)(NC(C)C)C1. The molecule has 0 aromatic heterocycles. The summed E-state index contributed by atoms with van der Waals surface area (Å²) >= 11 is 0. The predicted molar refractivity (Wildman–Crippen MR) is 82.5 cm³/mol. The molecule has 0 aliphatic heterocycles. The summed E-state index contributed by atoms with van der Waals surface area (Å²) in [7, 11) is 0. The van der Waals surface area contributed by atoms with E-state index in [-0.39, 0.29) is 12.1 Å². The van der Waals surface area contributed by atoms with E-state index in [0.717, 1.165) is 12.8 Å². The summed E-state index contributed by atoms with van der Waals surface area (Å²) in [6.07, 6.45) is 5.89. The average molecular weight is 270 g/mol. The summed E-state index contributed by atoms with van der Waals surface area (Å²) in [6, 6.07) is 1.65. The van der Waals surface area contributed by atoms with Crippen molar-refractivity contribution in [2.75, 3.05) is 13.2 Å². The molecule has 1 aliphatic rings. The quantitative estimate of drug-likeness (QED) is 0.747. The second-order valence-corrected chi connectivity index (χ2v) is 6.82. The van der Waals surface area contributed by atoms with Gasteiger partial charge in [0.05, 0.1) is 6.61 Å². The van der Waals surface area contributed by atoms with Crippen molar-refractivity contribution in [1.82, 2.24) is 10.2 Å². The van der Waals surface area contributed by atoms with Gasteiger partial charge in [0.2, 0.25) is 0 Å². The molecular weight excluding hydrogens is 236 g/mol. The second kappa shape index (κ2) is 7.61. The monoisotopic (exact) mass is 270 g/mol. The minimum atomic E-state index is -0.0576. The first-order valence-corrected chi connectivity index (χ1v) is 8.08. The van der Waals surface area contributed by atoms with Crippen molar-refractivity contribution in [3.8, 4) is 0 Å². The van der Waals surface area contributed by atoms with Gasteiger partial charge < -0.3 is 10.4 Å². The molecule has 1 fully saturated rings. The molecule has 0 radical (unpaired) electrons. The first kappa shape index (κ1) is 16.9. The Morgan fingerprint density at radius 2 is 2.00 bits per heavy atom. The molecule has 1 saturated carbocycles. The molecule has 19 heavy (non-hydrogen) atoms. The van der Waals surface area contributed by atoms with Crippen LogP contribution in [0.5, 0.6) is 0 Å². The molecule has 2 N–H and O–H groups in total. The van der Waals surface area contributed by atoms with Gasteiger partial charge in [0.25, 0.3) is 0 Å². The Morgan fingerprint density at radius 1 is 1.32 bits per heavy atom. The molecular formula is C16H34N2O. The highest BCUT2D eigenvalue weighted by atomic mass is 16.3. The summed E-state index contributed by atoms with van der Waals surface area (Å²) in [5, 5.41) is 13.5. The second-order valence-electron chi connectivity index (χ2n) is 6.82. The van der Waals surface area contributed by atoms with Crippen LogP contribution < -0.4 is 5.32 Å². The Hall–Kier alpha value is -0.120. The van der Waals surface area contributed by atoms with Gasteiger partial charge in [-0.2, -0.15) is 0 Å². The average Bonchev–Trinajstić information content (AvgIpc) is 2.35. The maximum absolute atomic E-state index is 9.88. The van der Waals surface area contributed by atoms with Gasteiger partial charge in [-0.1, -0.05) is 20.8 Å². The number of nitrogens with one attached hydrogen (secondary N) is 1. The van der Waals surface area contributed by atoms with Gasteiger partial charge in [0.15, 0.2) is 0 Å². The fourth-order valence-corrected chi connectivity index (χ4v) is 3.67. The van der Waals surface area contributed by atoms with Gasteiger partial charge in [0.1, 0.15) is 0 Å². The van der Waals surface area contributed by atoms with Crippen molar-refractivity contribution in [2.24, 2.45) is 0 Å². The lowest BCUT2D eigenvalue weighted by Gasteiger charge is -2.46. The van der Waals surface area contributed by atoms with Crippen LogP contribution in [0.3, 0.4) is 0 Å². The first-order chi connectivity index (χ1) is 8.94. The maximum atomic E-state index is 9.88. The molecule has 0 heterocycles. The molecule has 0 aromatic rings. The van der Waals surface area contributed by atoms with E-state index < -0.39 is 0 Å². The minimum absolute atomic E-state index is 0.0576. The van der Waals surface area contributed by atoms with Crippen LogP contribution in [0.4, 0.5) is 0 Å². The standard InChI is InChI=1S/C16H34N2O/c1-6-10-18(14(4)5)15-8-7-9-16(11-15,12-19)17-13(2)3/h13-15,17,19H,6-12H2,1-5H3. The summed E-state index contributed by atoms with van der Waals surface area (Å²) in [5.74, 6) is 0. The van der Waals surface area contributed by atoms with Crippen molar-refractivity contribution in [2.45, 2.75) is 90.4 Å². The van der Waals surface area contributed by atoms with Gasteiger partial charge in [0, 0.05) is 23.7 Å². The van der Waals surface area contributed by atoms with Gasteiger partial charge in [-0.3, -0.25) is 4.90 Å². The molecule has 2 atom stereocenters. The van der Waals surface area contributed by atoms with Crippen molar-refractivity contribution < 1.29 is 5.11 Å². The largest absolute Gasteiger partial charge is 0.394 e. The van der Waals surface area contributed by atoms with Crippen LogP contribution in [0.2, 0.25) is 0 Å². The zero-order valence-corrected chi connectivity index (χ0v) is 13.6. The number of rotatable bonds is 7. The van der Waals surface area contributed by atoms with E-state index in [4.69, 9.17) is 0 Å². The molecule has 1 aliphatic carbocycles. The van der Waals surface area contributed by atoms with Crippen LogP contribution in [-0.4, -0.2) is 46.8 Å². The fraction of sp³-hybridized carbons (Fsp3) is 1.00. The molecule has 3 nitrogen and oxygen atoms in total. The normalized spacial score (nSPS) is 28.6. The van der Waals surface area contributed by atoms with Crippen LogP contribution in [-0.2, 0) is 0 Å². The third-order valence-corrected chi connectivity index (χ3v) is 4.33. The van der Waals surface area contributed by atoms with E-state index in [0.29, 0.717) is 18.1 Å². The minimum Gasteiger partial charge on any atom is -0.394 e. The molecule has 3 heteroatoms. The van der Waals surface area contributed by atoms with E-state index in [1.165, 1.54) is 25.8 Å². The van der Waals surface area contributed by atoms with Crippen molar-refractivity contribution in [3.63, 3.8) is 0 Å². The fourth-order valence-electron chi connectivity index (χ4n) is 3.67. The predicted octanol–water partition coefficient (Wildman–Crippen LogP) is 2.78. The summed E-state index contributed by atoms with van der Waals surface area (Å²) < 4.78 is 0. The Morgan fingerprint density at radius 3 is 2.47 bits per heavy atom. The van der Waals surface area contributed by atoms with Gasteiger partial charge >= 0.3 is 0 Å². The van der Waals surface area contributed by atoms with Gasteiger partial charge in [-0.25, -0.2) is 0 Å². The molecule has 0 bridgehead atoms. The zero-order chi connectivity index (χ0) is 14.5. The van der Waals surface area contributed by atoms with Crippen molar-refractivity contribution >= 4 is 0 Å². The number of hydrogen-bond donors (Lipinski definition) is 2. The topological polar surface area (TPSA) is 35.5 Å². The first-order valence-electron chi connectivity index (χ1n) is 8.08. The van der Waals surface area contributed by atoms with E-state index in [1.54, 1.807) is 0 Å². The number of aliphatic hydroxyl groups is 1. The van der Waals surface area contributed by atoms with E-state index >= 15 is 0 Å². The molecule has 0 saturated heterocycles. The maximum Gasteiger partial charge on any atom is 0.0613 e. The van der Waals surface area contributed by atoms with Crippen LogP contribution in [0.15, 0.2) is 0 Å². The highest BCUT2D eigenvalue weighted by molar-refractivity contribution is 4.97. The van der Waals surface area contributed by atoms with Crippen LogP contribution >= 0.6 is 0 Å². The zero-order valence-electron chi connectivity index (χ0n) is 13.6. The number of nitrogens with zero attached hydrogens (tertiary/aromatic N) is 1. The third-order valence-electron chi connectivity index (χ3n) is 4.33. The molecule has 0 amide bonds. The van der Waals surface area contributed by atoms with E-state index in [1.807, 2.05) is 0 Å². The highest BCUT2D eigenvalue weighted by Gasteiger charge is 2.38. The third kappa shape index (κ3) is 4.73. The highest BCUT2D eigenvalue weighted by Crippen LogP contribution is 2.32. The lowest BCUT2D eigenvalue weighted by molar-refractivity contribution is 0.0411. The molecule has 114 valence electrons. The Labute approximate surface area is 119 Å². The lowest BCUT2D eigenvalue weighted by Crippen LogP contribution is -2.58. The van der Waals surface area contributed by atoms with E-state index in [2.05, 4.69) is 44.8 Å². The van der Waals surface area contributed by atoms with Gasteiger partial charge in [-0.05, 0) is 52.5 Å². The van der Waals surface area contributed by atoms with Crippen LogP contribution in [0.1, 0.15) is 66.7 Å². The van der Waals surface area contributed by atoms with Crippen molar-refractivity contribution in [3.05, 3.63) is 0 Å². The van der Waals surface area contributed by atoms with Crippen LogP contribution in [0.25, 0.3) is 0 Å². The summed E-state index contributed by atoms with van der Waals surface area (Å²) in [6.45, 7) is 12.6. The van der Waals surface area contributed by atoms with Crippen molar-refractivity contribution in [1.29, 1.82) is 0 Å². The Balaban J connectivity index is 2.75. The Kier molecular flexibility index (Phi) is 6.78. The summed E-state index contributed by atoms with van der Waals surface area (Å²) in [4.78, 5) is 2.63. The van der Waals surface area contributed by atoms with Crippen LogP contribution in [0, 0.1) is 0 Å². The summed E-state index contributed by atoms with van der Waals surface area (Å²) in [5.41, 5.74) is -0.0576. The number of aliphatic hydroxyl groups excluding tert-OH is 1. The smallest absolute Gasteiger partial charge is 0.0613 e. The van der Waals surface area contributed by atoms with Gasteiger partial charge in [-0.15, -0.1) is 0 Å². The molecule has 1 rings (SSSR count). The Bertz CT molecular complexity index is 255. The molecule has 0 aromatic carbocycles. The molecule has 2 unspecified atom stereocenters. The van der Waals surface area contributed by atoms with E-state index in [9.17, 15) is 5.11 Å². The lowest BCUT2D eigenvalue weighted by atomic mass is 9.78. The number of hydrogen-bond acceptors (Lipinski definition) is 3.